The molecule has 2 rings (SSSR count). The Balaban J connectivity index is 2.00. The molecule has 1 saturated heterocycles. The zero-order valence-electron chi connectivity index (χ0n) is 11.0. The third-order valence-electron chi connectivity index (χ3n) is 3.44. The van der Waals surface area contributed by atoms with Crippen molar-refractivity contribution < 1.29 is 4.79 Å². The average Bonchev–Trinajstić information content (AvgIpc) is 2.47. The standard InChI is InChI=1S/C14H15N5O/c15-8-10-1-2-13(7-11(10)9-16)18-12-3-5-19(6-4-12)14(17)20/h1-2,7,12,18H,3-6H2,(H2,17,20). The molecule has 1 fully saturated rings. The fourth-order valence-corrected chi connectivity index (χ4v) is 2.30. The van der Waals surface area contributed by atoms with E-state index in [1.807, 2.05) is 12.1 Å². The van der Waals surface area contributed by atoms with E-state index in [0.717, 1.165) is 18.5 Å². The van der Waals surface area contributed by atoms with Gasteiger partial charge >= 0.3 is 6.03 Å². The molecule has 102 valence electrons. The second-order valence-corrected chi connectivity index (χ2v) is 4.73. The zero-order valence-corrected chi connectivity index (χ0v) is 11.0. The van der Waals surface area contributed by atoms with Gasteiger partial charge in [-0.3, -0.25) is 0 Å². The summed E-state index contributed by atoms with van der Waals surface area (Å²) in [4.78, 5) is 12.7. The van der Waals surface area contributed by atoms with Gasteiger partial charge in [0.15, 0.2) is 0 Å². The molecule has 1 aliphatic rings. The summed E-state index contributed by atoms with van der Waals surface area (Å²) in [5, 5.41) is 21.2. The van der Waals surface area contributed by atoms with E-state index in [1.54, 1.807) is 23.1 Å². The number of nitrogens with one attached hydrogen (secondary N) is 1. The fourth-order valence-electron chi connectivity index (χ4n) is 2.30. The summed E-state index contributed by atoms with van der Waals surface area (Å²) in [6, 6.07) is 8.97. The molecule has 6 heteroatoms. The number of piperidine rings is 1. The smallest absolute Gasteiger partial charge is 0.314 e. The summed E-state index contributed by atoms with van der Waals surface area (Å²) in [6.07, 6.45) is 1.62. The van der Waals surface area contributed by atoms with E-state index in [0.29, 0.717) is 24.2 Å². The van der Waals surface area contributed by atoms with Crippen LogP contribution in [0.25, 0.3) is 0 Å². The van der Waals surface area contributed by atoms with Crippen molar-refractivity contribution >= 4 is 11.7 Å². The molecule has 1 aliphatic heterocycles. The first-order valence-electron chi connectivity index (χ1n) is 6.39. The quantitative estimate of drug-likeness (QED) is 0.845. The summed E-state index contributed by atoms with van der Waals surface area (Å²) < 4.78 is 0. The third-order valence-corrected chi connectivity index (χ3v) is 3.44. The van der Waals surface area contributed by atoms with Gasteiger partial charge in [-0.25, -0.2) is 4.79 Å². The number of anilines is 1. The van der Waals surface area contributed by atoms with Crippen LogP contribution in [0.4, 0.5) is 10.5 Å². The molecular weight excluding hydrogens is 254 g/mol. The van der Waals surface area contributed by atoms with Crippen LogP contribution in [-0.4, -0.2) is 30.1 Å². The SMILES string of the molecule is N#Cc1ccc(NC2CCN(C(N)=O)CC2)cc1C#N. The minimum Gasteiger partial charge on any atom is -0.382 e. The van der Waals surface area contributed by atoms with Gasteiger partial charge in [-0.15, -0.1) is 0 Å². The molecule has 0 aromatic heterocycles. The molecule has 1 aromatic carbocycles. The number of carbonyl (C=O) groups is 1. The number of nitrogens with zero attached hydrogens (tertiary/aromatic N) is 3. The normalized spacial score (nSPS) is 15.2. The molecule has 0 unspecified atom stereocenters. The highest BCUT2D eigenvalue weighted by Gasteiger charge is 2.21. The lowest BCUT2D eigenvalue weighted by Crippen LogP contribution is -2.44. The number of amides is 2. The Morgan fingerprint density at radius 2 is 1.90 bits per heavy atom. The number of carbonyl (C=O) groups excluding carboxylic acids is 1. The molecule has 1 aromatic rings. The summed E-state index contributed by atoms with van der Waals surface area (Å²) in [5.41, 5.74) is 6.80. The fraction of sp³-hybridized carbons (Fsp3) is 0.357. The van der Waals surface area contributed by atoms with Crippen LogP contribution in [0.15, 0.2) is 18.2 Å². The molecular formula is C14H15N5O. The highest BCUT2D eigenvalue weighted by atomic mass is 16.2. The maximum absolute atomic E-state index is 11.0. The molecule has 20 heavy (non-hydrogen) atoms. The van der Waals surface area contributed by atoms with Crippen LogP contribution in [0.5, 0.6) is 0 Å². The van der Waals surface area contributed by atoms with Crippen LogP contribution in [-0.2, 0) is 0 Å². The van der Waals surface area contributed by atoms with Gasteiger partial charge in [0.2, 0.25) is 0 Å². The number of benzene rings is 1. The third kappa shape index (κ3) is 2.99. The number of nitriles is 2. The molecule has 0 spiro atoms. The maximum atomic E-state index is 11.0. The largest absolute Gasteiger partial charge is 0.382 e. The Morgan fingerprint density at radius 3 is 2.45 bits per heavy atom. The minimum absolute atomic E-state index is 0.241. The van der Waals surface area contributed by atoms with Gasteiger partial charge in [-0.05, 0) is 31.0 Å². The van der Waals surface area contributed by atoms with Crippen LogP contribution in [0.3, 0.4) is 0 Å². The summed E-state index contributed by atoms with van der Waals surface area (Å²) in [5.74, 6) is 0. The van der Waals surface area contributed by atoms with Gasteiger partial charge < -0.3 is 16.0 Å². The first-order chi connectivity index (χ1) is 9.63. The Bertz CT molecular complexity index is 591. The van der Waals surface area contributed by atoms with Gasteiger partial charge in [0.25, 0.3) is 0 Å². The first kappa shape index (κ1) is 13.7. The number of urea groups is 1. The van der Waals surface area contributed by atoms with Crippen LogP contribution in [0.1, 0.15) is 24.0 Å². The van der Waals surface area contributed by atoms with Gasteiger partial charge in [-0.1, -0.05) is 0 Å². The summed E-state index contributed by atoms with van der Waals surface area (Å²) in [7, 11) is 0. The van der Waals surface area contributed by atoms with Crippen LogP contribution in [0, 0.1) is 22.7 Å². The van der Waals surface area contributed by atoms with E-state index in [2.05, 4.69) is 5.32 Å². The number of nitrogens with two attached hydrogens (primary N) is 1. The van der Waals surface area contributed by atoms with Crippen molar-refractivity contribution in [3.8, 4) is 12.1 Å². The number of rotatable bonds is 2. The maximum Gasteiger partial charge on any atom is 0.314 e. The molecule has 6 nitrogen and oxygen atoms in total. The molecule has 0 radical (unpaired) electrons. The molecule has 3 N–H and O–H groups in total. The summed E-state index contributed by atoms with van der Waals surface area (Å²) >= 11 is 0. The zero-order chi connectivity index (χ0) is 14.5. The lowest BCUT2D eigenvalue weighted by Gasteiger charge is -2.31. The first-order valence-corrected chi connectivity index (χ1v) is 6.39. The van der Waals surface area contributed by atoms with E-state index < -0.39 is 0 Å². The van der Waals surface area contributed by atoms with E-state index in [9.17, 15) is 4.79 Å². The second kappa shape index (κ2) is 5.94. The highest BCUT2D eigenvalue weighted by Crippen LogP contribution is 2.19. The van der Waals surface area contributed by atoms with Crippen molar-refractivity contribution in [2.24, 2.45) is 5.73 Å². The van der Waals surface area contributed by atoms with Crippen molar-refractivity contribution in [2.75, 3.05) is 18.4 Å². The van der Waals surface area contributed by atoms with Crippen molar-refractivity contribution in [3.05, 3.63) is 29.3 Å². The molecule has 0 aliphatic carbocycles. The average molecular weight is 269 g/mol. The minimum atomic E-state index is -0.381. The van der Waals surface area contributed by atoms with Gasteiger partial charge in [0, 0.05) is 24.8 Å². The van der Waals surface area contributed by atoms with Gasteiger partial charge in [0.05, 0.1) is 11.1 Å². The van der Waals surface area contributed by atoms with Crippen molar-refractivity contribution in [1.82, 2.24) is 4.90 Å². The summed E-state index contributed by atoms with van der Waals surface area (Å²) in [6.45, 7) is 1.27. The molecule has 0 atom stereocenters. The second-order valence-electron chi connectivity index (χ2n) is 4.73. The van der Waals surface area contributed by atoms with Crippen molar-refractivity contribution in [3.63, 3.8) is 0 Å². The number of hydrogen-bond donors (Lipinski definition) is 2. The van der Waals surface area contributed by atoms with Crippen LogP contribution in [0.2, 0.25) is 0 Å². The Labute approximate surface area is 117 Å². The number of likely N-dealkylation sites (tertiary alicyclic amines) is 1. The Kier molecular flexibility index (Phi) is 4.07. The van der Waals surface area contributed by atoms with Crippen LogP contribution >= 0.6 is 0 Å². The Morgan fingerprint density at radius 1 is 1.25 bits per heavy atom. The lowest BCUT2D eigenvalue weighted by atomic mass is 10.0. The number of hydrogen-bond acceptors (Lipinski definition) is 4. The van der Waals surface area contributed by atoms with Crippen LogP contribution < -0.4 is 11.1 Å². The Hall–Kier alpha value is -2.73. The van der Waals surface area contributed by atoms with Gasteiger partial charge in [-0.2, -0.15) is 10.5 Å². The molecule has 2 amide bonds. The molecule has 0 saturated carbocycles. The monoisotopic (exact) mass is 269 g/mol. The predicted molar refractivity (Wildman–Crippen MR) is 73.7 cm³/mol. The van der Waals surface area contributed by atoms with Gasteiger partial charge in [0.1, 0.15) is 12.1 Å². The molecule has 0 bridgehead atoms. The lowest BCUT2D eigenvalue weighted by molar-refractivity contribution is 0.193. The molecule has 1 heterocycles. The predicted octanol–water partition coefficient (Wildman–Crippen LogP) is 1.38. The van der Waals surface area contributed by atoms with E-state index in [-0.39, 0.29) is 12.1 Å². The van der Waals surface area contributed by atoms with E-state index in [4.69, 9.17) is 16.3 Å². The van der Waals surface area contributed by atoms with Crippen molar-refractivity contribution in [2.45, 2.75) is 18.9 Å². The topological polar surface area (TPSA) is 106 Å². The van der Waals surface area contributed by atoms with E-state index in [1.165, 1.54) is 0 Å². The highest BCUT2D eigenvalue weighted by molar-refractivity contribution is 5.72. The van der Waals surface area contributed by atoms with Crippen molar-refractivity contribution in [1.29, 1.82) is 10.5 Å². The van der Waals surface area contributed by atoms with E-state index >= 15 is 0 Å². The number of primary amides is 1.